The molecule has 4 heteroatoms. The lowest BCUT2D eigenvalue weighted by Crippen LogP contribution is -2.06. The van der Waals surface area contributed by atoms with Gasteiger partial charge in [0.05, 0.1) is 7.11 Å². The largest absolute Gasteiger partial charge is 0.494 e. The van der Waals surface area contributed by atoms with Gasteiger partial charge in [0.25, 0.3) is 0 Å². The zero-order valence-corrected chi connectivity index (χ0v) is 13.1. The molecule has 0 spiro atoms. The van der Waals surface area contributed by atoms with E-state index in [0.29, 0.717) is 29.2 Å². The number of ketones is 1. The van der Waals surface area contributed by atoms with Crippen LogP contribution in [-0.4, -0.2) is 12.9 Å². The van der Waals surface area contributed by atoms with E-state index in [2.05, 4.69) is 0 Å². The third-order valence-corrected chi connectivity index (χ3v) is 3.53. The predicted octanol–water partition coefficient (Wildman–Crippen LogP) is 4.82. The molecule has 0 fully saturated rings. The number of unbranched alkanes of at least 4 members (excludes halogenated alkanes) is 2. The lowest BCUT2D eigenvalue weighted by atomic mass is 10.0. The van der Waals surface area contributed by atoms with E-state index in [4.69, 9.17) is 16.3 Å². The van der Waals surface area contributed by atoms with Crippen molar-refractivity contribution in [3.8, 4) is 5.75 Å². The van der Waals surface area contributed by atoms with Gasteiger partial charge in [-0.2, -0.15) is 0 Å². The van der Waals surface area contributed by atoms with Crippen molar-refractivity contribution in [2.75, 3.05) is 7.11 Å². The molecule has 0 aliphatic heterocycles. The highest BCUT2D eigenvalue weighted by Gasteiger charge is 2.11. The van der Waals surface area contributed by atoms with E-state index in [9.17, 15) is 9.18 Å². The van der Waals surface area contributed by atoms with Crippen molar-refractivity contribution >= 4 is 17.4 Å². The topological polar surface area (TPSA) is 26.3 Å². The first kappa shape index (κ1) is 17.0. The predicted molar refractivity (Wildman–Crippen MR) is 80.0 cm³/mol. The fraction of sp³-hybridized carbons (Fsp3) is 0.562. The van der Waals surface area contributed by atoms with E-state index >= 15 is 0 Å². The molecule has 0 saturated heterocycles. The Hall–Kier alpha value is -1.09. The summed E-state index contributed by atoms with van der Waals surface area (Å²) in [6.07, 6.45) is 3.83. The SMILES string of the molecule is COc1cc(Cl)cc(CCCCCC(=O)C(C)C)c1F. The molecule has 2 nitrogen and oxygen atoms in total. The Morgan fingerprint density at radius 1 is 1.30 bits per heavy atom. The first-order chi connectivity index (χ1) is 9.45. The molecule has 0 heterocycles. The number of benzene rings is 1. The molecule has 1 aromatic rings. The van der Waals surface area contributed by atoms with Crippen LogP contribution in [0.15, 0.2) is 12.1 Å². The molecule has 0 radical (unpaired) electrons. The molecule has 0 bridgehead atoms. The number of Topliss-reactive ketones (excluding diaryl/α,β-unsaturated/α-hetero) is 1. The standard InChI is InChI=1S/C16H22ClFO2/c1-11(2)14(19)8-6-4-5-7-12-9-13(17)10-15(20-3)16(12)18/h9-11H,4-8H2,1-3H3. The van der Waals surface area contributed by atoms with Crippen LogP contribution >= 0.6 is 11.6 Å². The molecule has 0 atom stereocenters. The van der Waals surface area contributed by atoms with Gasteiger partial charge in [0, 0.05) is 23.4 Å². The number of hydrogen-bond acceptors (Lipinski definition) is 2. The Labute approximate surface area is 125 Å². The monoisotopic (exact) mass is 300 g/mol. The van der Waals surface area contributed by atoms with Crippen molar-refractivity contribution in [2.24, 2.45) is 5.92 Å². The average Bonchev–Trinajstić information content (AvgIpc) is 2.41. The Kier molecular flexibility index (Phi) is 7.00. The fourth-order valence-corrected chi connectivity index (χ4v) is 2.26. The van der Waals surface area contributed by atoms with Crippen molar-refractivity contribution in [2.45, 2.75) is 46.0 Å². The Morgan fingerprint density at radius 3 is 2.60 bits per heavy atom. The summed E-state index contributed by atoms with van der Waals surface area (Å²) in [5.74, 6) is 0.239. The van der Waals surface area contributed by atoms with Gasteiger partial charge < -0.3 is 4.74 Å². The highest BCUT2D eigenvalue weighted by atomic mass is 35.5. The second-order valence-electron chi connectivity index (χ2n) is 5.26. The van der Waals surface area contributed by atoms with Gasteiger partial charge in [0.2, 0.25) is 0 Å². The molecule has 0 aromatic heterocycles. The summed E-state index contributed by atoms with van der Waals surface area (Å²) >= 11 is 5.93. The molecule has 0 N–H and O–H groups in total. The van der Waals surface area contributed by atoms with Crippen LogP contribution < -0.4 is 4.74 Å². The molecule has 0 unspecified atom stereocenters. The zero-order valence-electron chi connectivity index (χ0n) is 12.3. The van der Waals surface area contributed by atoms with E-state index in [-0.39, 0.29) is 17.5 Å². The minimum atomic E-state index is -0.338. The van der Waals surface area contributed by atoms with Crippen molar-refractivity contribution < 1.29 is 13.9 Å². The van der Waals surface area contributed by atoms with Crippen LogP contribution in [0.1, 0.15) is 45.1 Å². The summed E-state index contributed by atoms with van der Waals surface area (Å²) in [5.41, 5.74) is 0.574. The van der Waals surface area contributed by atoms with Gasteiger partial charge in [0.15, 0.2) is 11.6 Å². The van der Waals surface area contributed by atoms with Crippen LogP contribution in [0.4, 0.5) is 4.39 Å². The van der Waals surface area contributed by atoms with Crippen LogP contribution in [0, 0.1) is 11.7 Å². The third kappa shape index (κ3) is 5.12. The number of carbonyl (C=O) groups excluding carboxylic acids is 1. The summed E-state index contributed by atoms with van der Waals surface area (Å²) in [5, 5.41) is 0.480. The molecule has 0 aliphatic carbocycles. The van der Waals surface area contributed by atoms with Gasteiger partial charge in [-0.3, -0.25) is 4.79 Å². The Balaban J connectivity index is 2.43. The minimum absolute atomic E-state index is 0.102. The third-order valence-electron chi connectivity index (χ3n) is 3.31. The number of aryl methyl sites for hydroxylation is 1. The van der Waals surface area contributed by atoms with E-state index in [1.165, 1.54) is 13.2 Å². The molecule has 0 saturated carbocycles. The normalized spacial score (nSPS) is 10.9. The quantitative estimate of drug-likeness (QED) is 0.644. The van der Waals surface area contributed by atoms with E-state index in [0.717, 1.165) is 19.3 Å². The van der Waals surface area contributed by atoms with Crippen LogP contribution in [0.3, 0.4) is 0 Å². The van der Waals surface area contributed by atoms with Crippen molar-refractivity contribution in [1.29, 1.82) is 0 Å². The van der Waals surface area contributed by atoms with Gasteiger partial charge in [-0.15, -0.1) is 0 Å². The highest BCUT2D eigenvalue weighted by molar-refractivity contribution is 6.30. The van der Waals surface area contributed by atoms with E-state index in [1.54, 1.807) is 6.07 Å². The van der Waals surface area contributed by atoms with Crippen molar-refractivity contribution in [3.63, 3.8) is 0 Å². The average molecular weight is 301 g/mol. The number of methoxy groups -OCH3 is 1. The van der Waals surface area contributed by atoms with Crippen LogP contribution in [0.5, 0.6) is 5.75 Å². The van der Waals surface area contributed by atoms with Gasteiger partial charge in [-0.05, 0) is 30.9 Å². The number of halogens is 2. The molecule has 1 aromatic carbocycles. The van der Waals surface area contributed by atoms with Crippen molar-refractivity contribution in [1.82, 2.24) is 0 Å². The number of ether oxygens (including phenoxy) is 1. The van der Waals surface area contributed by atoms with E-state index < -0.39 is 0 Å². The fourth-order valence-electron chi connectivity index (χ4n) is 2.03. The summed E-state index contributed by atoms with van der Waals surface area (Å²) in [6, 6.07) is 3.11. The summed E-state index contributed by atoms with van der Waals surface area (Å²) < 4.78 is 18.9. The Morgan fingerprint density at radius 2 is 2.00 bits per heavy atom. The van der Waals surface area contributed by atoms with E-state index in [1.807, 2.05) is 13.8 Å². The molecular formula is C16H22ClFO2. The molecule has 112 valence electrons. The number of hydrogen-bond donors (Lipinski definition) is 0. The second kappa shape index (κ2) is 8.25. The van der Waals surface area contributed by atoms with Gasteiger partial charge >= 0.3 is 0 Å². The van der Waals surface area contributed by atoms with Gasteiger partial charge in [-0.1, -0.05) is 31.9 Å². The first-order valence-corrected chi connectivity index (χ1v) is 7.38. The maximum absolute atomic E-state index is 14.0. The Bertz CT molecular complexity index is 458. The van der Waals surface area contributed by atoms with Gasteiger partial charge in [0.1, 0.15) is 5.78 Å². The maximum Gasteiger partial charge on any atom is 0.168 e. The van der Waals surface area contributed by atoms with Crippen molar-refractivity contribution in [3.05, 3.63) is 28.5 Å². The number of rotatable bonds is 8. The summed E-state index contributed by atoms with van der Waals surface area (Å²) in [7, 11) is 1.43. The number of carbonyl (C=O) groups is 1. The smallest absolute Gasteiger partial charge is 0.168 e. The highest BCUT2D eigenvalue weighted by Crippen LogP contribution is 2.27. The van der Waals surface area contributed by atoms with Crippen LogP contribution in [0.2, 0.25) is 5.02 Å². The molecule has 0 aliphatic rings. The first-order valence-electron chi connectivity index (χ1n) is 7.00. The molecule has 20 heavy (non-hydrogen) atoms. The lowest BCUT2D eigenvalue weighted by Gasteiger charge is -2.09. The van der Waals surface area contributed by atoms with Crippen LogP contribution in [-0.2, 0) is 11.2 Å². The maximum atomic E-state index is 14.0. The zero-order chi connectivity index (χ0) is 15.1. The second-order valence-corrected chi connectivity index (χ2v) is 5.70. The molecule has 1 rings (SSSR count). The molecular weight excluding hydrogens is 279 g/mol. The van der Waals surface area contributed by atoms with Crippen LogP contribution in [0.25, 0.3) is 0 Å². The minimum Gasteiger partial charge on any atom is -0.494 e. The summed E-state index contributed by atoms with van der Waals surface area (Å²) in [6.45, 7) is 3.83. The summed E-state index contributed by atoms with van der Waals surface area (Å²) in [4.78, 5) is 11.5. The lowest BCUT2D eigenvalue weighted by molar-refractivity contribution is -0.122. The molecule has 0 amide bonds. The van der Waals surface area contributed by atoms with Gasteiger partial charge in [-0.25, -0.2) is 4.39 Å².